The van der Waals surface area contributed by atoms with Crippen molar-refractivity contribution in [2.24, 2.45) is 0 Å². The van der Waals surface area contributed by atoms with E-state index in [1.165, 1.54) is 0 Å². The van der Waals surface area contributed by atoms with Crippen molar-refractivity contribution < 1.29 is 19.7 Å². The molecule has 1 unspecified atom stereocenters. The maximum Gasteiger partial charge on any atom is 0.168 e. The normalized spacial score (nSPS) is 25.8. The molecule has 1 aromatic rings. The minimum atomic E-state index is -1.09. The number of rotatable bonds is 2. The van der Waals surface area contributed by atoms with Crippen molar-refractivity contribution in [2.75, 3.05) is 13.2 Å². The lowest BCUT2D eigenvalue weighted by Crippen LogP contribution is -2.47. The Morgan fingerprint density at radius 3 is 2.25 bits per heavy atom. The van der Waals surface area contributed by atoms with Crippen LogP contribution in [0.15, 0.2) is 24.3 Å². The summed E-state index contributed by atoms with van der Waals surface area (Å²) in [4.78, 5) is 0. The number of aliphatic hydroxyl groups excluding tert-OH is 1. The summed E-state index contributed by atoms with van der Waals surface area (Å²) < 4.78 is 11.3. The third-order valence-corrected chi connectivity index (χ3v) is 4.68. The standard InChI is InChI=1S/C16H22O4/c1-12-4-2-3-5-13(12)14(17)15(18)6-8-16(9-7-15)19-10-11-20-16/h2-5,14,17-18H,6-11H2,1H3. The maximum absolute atomic E-state index is 10.8. The molecule has 0 radical (unpaired) electrons. The fourth-order valence-electron chi connectivity index (χ4n) is 3.31. The van der Waals surface area contributed by atoms with Crippen molar-refractivity contribution in [3.8, 4) is 0 Å². The van der Waals surface area contributed by atoms with E-state index in [-0.39, 0.29) is 0 Å². The molecule has 0 amide bonds. The van der Waals surface area contributed by atoms with E-state index in [1.807, 2.05) is 31.2 Å². The van der Waals surface area contributed by atoms with Gasteiger partial charge >= 0.3 is 0 Å². The Morgan fingerprint density at radius 2 is 1.65 bits per heavy atom. The molecule has 4 heteroatoms. The van der Waals surface area contributed by atoms with E-state index >= 15 is 0 Å². The second-order valence-corrected chi connectivity index (χ2v) is 5.97. The predicted octanol–water partition coefficient (Wildman–Crippen LogP) is 2.08. The third-order valence-electron chi connectivity index (χ3n) is 4.68. The molecule has 1 aliphatic heterocycles. The molecule has 20 heavy (non-hydrogen) atoms. The van der Waals surface area contributed by atoms with Gasteiger partial charge in [-0.15, -0.1) is 0 Å². The summed E-state index contributed by atoms with van der Waals surface area (Å²) in [7, 11) is 0. The van der Waals surface area contributed by atoms with Gasteiger partial charge in [-0.25, -0.2) is 0 Å². The molecule has 0 aromatic heterocycles. The molecule has 1 saturated carbocycles. The zero-order valence-corrected chi connectivity index (χ0v) is 11.8. The Labute approximate surface area is 119 Å². The van der Waals surface area contributed by atoms with E-state index < -0.39 is 17.5 Å². The Hall–Kier alpha value is -0.940. The Bertz CT molecular complexity index is 469. The zero-order chi connectivity index (χ0) is 14.2. The van der Waals surface area contributed by atoms with Crippen LogP contribution >= 0.6 is 0 Å². The Kier molecular flexibility index (Phi) is 3.58. The van der Waals surface area contributed by atoms with Gasteiger partial charge in [0.05, 0.1) is 18.8 Å². The first-order chi connectivity index (χ1) is 9.55. The maximum atomic E-state index is 10.8. The number of aryl methyl sites for hydroxylation is 1. The second-order valence-electron chi connectivity index (χ2n) is 5.97. The van der Waals surface area contributed by atoms with Crippen molar-refractivity contribution in [1.29, 1.82) is 0 Å². The summed E-state index contributed by atoms with van der Waals surface area (Å²) in [5.41, 5.74) is 0.716. The lowest BCUT2D eigenvalue weighted by molar-refractivity contribution is -0.217. The SMILES string of the molecule is Cc1ccccc1C(O)C1(O)CCC2(CC1)OCCO2. The highest BCUT2D eigenvalue weighted by molar-refractivity contribution is 5.29. The summed E-state index contributed by atoms with van der Waals surface area (Å²) in [6.45, 7) is 3.20. The molecule has 2 N–H and O–H groups in total. The molecule has 1 saturated heterocycles. The van der Waals surface area contributed by atoms with Crippen LogP contribution in [-0.4, -0.2) is 34.8 Å². The van der Waals surface area contributed by atoms with Crippen molar-refractivity contribution in [1.82, 2.24) is 0 Å². The van der Waals surface area contributed by atoms with Crippen LogP contribution < -0.4 is 0 Å². The van der Waals surface area contributed by atoms with E-state index in [0.29, 0.717) is 38.9 Å². The monoisotopic (exact) mass is 278 g/mol. The summed E-state index contributed by atoms with van der Waals surface area (Å²) in [6, 6.07) is 7.66. The fourth-order valence-corrected chi connectivity index (χ4v) is 3.31. The number of aliphatic hydroxyl groups is 2. The molecule has 1 spiro atoms. The molecule has 1 aliphatic carbocycles. The highest BCUT2D eigenvalue weighted by Gasteiger charge is 2.48. The van der Waals surface area contributed by atoms with Gasteiger partial charge in [0.1, 0.15) is 6.10 Å². The largest absolute Gasteiger partial charge is 0.387 e. The number of ether oxygens (including phenoxy) is 2. The van der Waals surface area contributed by atoms with Gasteiger partial charge in [0.2, 0.25) is 0 Å². The van der Waals surface area contributed by atoms with Crippen LogP contribution in [-0.2, 0) is 9.47 Å². The smallest absolute Gasteiger partial charge is 0.168 e. The van der Waals surface area contributed by atoms with Crippen molar-refractivity contribution in [2.45, 2.75) is 50.1 Å². The van der Waals surface area contributed by atoms with Crippen molar-refractivity contribution in [3.63, 3.8) is 0 Å². The first kappa shape index (κ1) is 14.0. The lowest BCUT2D eigenvalue weighted by atomic mass is 9.75. The molecule has 0 bridgehead atoms. The highest BCUT2D eigenvalue weighted by Crippen LogP contribution is 2.45. The van der Waals surface area contributed by atoms with Gasteiger partial charge in [0.25, 0.3) is 0 Å². The summed E-state index contributed by atoms with van der Waals surface area (Å²) in [5, 5.41) is 21.4. The third kappa shape index (κ3) is 2.37. The molecule has 1 heterocycles. The van der Waals surface area contributed by atoms with E-state index in [0.717, 1.165) is 11.1 Å². The van der Waals surface area contributed by atoms with Gasteiger partial charge in [0, 0.05) is 12.8 Å². The van der Waals surface area contributed by atoms with Gasteiger partial charge in [-0.3, -0.25) is 0 Å². The summed E-state index contributed by atoms with van der Waals surface area (Å²) >= 11 is 0. The zero-order valence-electron chi connectivity index (χ0n) is 11.8. The quantitative estimate of drug-likeness (QED) is 0.869. The van der Waals surface area contributed by atoms with E-state index in [1.54, 1.807) is 0 Å². The van der Waals surface area contributed by atoms with Crippen LogP contribution in [0.1, 0.15) is 42.9 Å². The highest BCUT2D eigenvalue weighted by atomic mass is 16.7. The molecule has 4 nitrogen and oxygen atoms in total. The summed E-state index contributed by atoms with van der Waals surface area (Å²) in [5.74, 6) is -0.516. The summed E-state index contributed by atoms with van der Waals surface area (Å²) in [6.07, 6.45) is 1.38. The number of hydrogen-bond donors (Lipinski definition) is 2. The van der Waals surface area contributed by atoms with Crippen LogP contribution in [0, 0.1) is 6.92 Å². The van der Waals surface area contributed by atoms with Crippen LogP contribution in [0.2, 0.25) is 0 Å². The van der Waals surface area contributed by atoms with E-state index in [2.05, 4.69) is 0 Å². The van der Waals surface area contributed by atoms with E-state index in [9.17, 15) is 10.2 Å². The molecular weight excluding hydrogens is 256 g/mol. The Balaban J connectivity index is 1.75. The minimum absolute atomic E-state index is 0.489. The van der Waals surface area contributed by atoms with Gasteiger partial charge in [-0.2, -0.15) is 0 Å². The first-order valence-corrected chi connectivity index (χ1v) is 7.29. The van der Waals surface area contributed by atoms with Crippen LogP contribution in [0.3, 0.4) is 0 Å². The lowest BCUT2D eigenvalue weighted by Gasteiger charge is -2.43. The van der Waals surface area contributed by atoms with Crippen LogP contribution in [0.5, 0.6) is 0 Å². The molecular formula is C16H22O4. The van der Waals surface area contributed by atoms with Gasteiger partial charge in [0.15, 0.2) is 5.79 Å². The van der Waals surface area contributed by atoms with Gasteiger partial charge < -0.3 is 19.7 Å². The average Bonchev–Trinajstić information content (AvgIpc) is 2.91. The molecule has 3 rings (SSSR count). The van der Waals surface area contributed by atoms with E-state index in [4.69, 9.17) is 9.47 Å². The van der Waals surface area contributed by atoms with Crippen molar-refractivity contribution >= 4 is 0 Å². The van der Waals surface area contributed by atoms with Gasteiger partial charge in [-0.1, -0.05) is 24.3 Å². The van der Waals surface area contributed by atoms with Gasteiger partial charge in [-0.05, 0) is 30.9 Å². The van der Waals surface area contributed by atoms with Crippen LogP contribution in [0.25, 0.3) is 0 Å². The number of hydrogen-bond acceptors (Lipinski definition) is 4. The molecule has 2 aliphatic rings. The molecule has 1 atom stereocenters. The minimum Gasteiger partial charge on any atom is -0.387 e. The second kappa shape index (κ2) is 5.11. The molecule has 1 aromatic carbocycles. The fraction of sp³-hybridized carbons (Fsp3) is 0.625. The van der Waals surface area contributed by atoms with Crippen molar-refractivity contribution in [3.05, 3.63) is 35.4 Å². The average molecular weight is 278 g/mol. The first-order valence-electron chi connectivity index (χ1n) is 7.29. The predicted molar refractivity (Wildman–Crippen MR) is 74.2 cm³/mol. The molecule has 110 valence electrons. The topological polar surface area (TPSA) is 58.9 Å². The molecule has 2 fully saturated rings. The Morgan fingerprint density at radius 1 is 1.05 bits per heavy atom. The number of benzene rings is 1. The van der Waals surface area contributed by atoms with Crippen LogP contribution in [0.4, 0.5) is 0 Å².